The maximum atomic E-state index is 12.7. The van der Waals surface area contributed by atoms with E-state index in [4.69, 9.17) is 10.2 Å². The topological polar surface area (TPSA) is 52.0 Å². The summed E-state index contributed by atoms with van der Waals surface area (Å²) in [5.74, 6) is 0.273. The van der Waals surface area contributed by atoms with Crippen LogP contribution in [0.5, 0.6) is 0 Å². The highest BCUT2D eigenvalue weighted by Gasteiger charge is 2.34. The first-order chi connectivity index (χ1) is 8.02. The molecule has 0 saturated heterocycles. The second-order valence-electron chi connectivity index (χ2n) is 3.37. The van der Waals surface area contributed by atoms with Crippen LogP contribution in [0.25, 0.3) is 11.3 Å². The van der Waals surface area contributed by atoms with Gasteiger partial charge in [0.25, 0.3) is 0 Å². The Labute approximate surface area is 95.1 Å². The van der Waals surface area contributed by atoms with Crippen molar-refractivity contribution in [3.63, 3.8) is 0 Å². The minimum atomic E-state index is -4.42. The number of oxazole rings is 1. The largest absolute Gasteiger partial charge is 0.439 e. The fraction of sp³-hybridized carbons (Fsp3) is 0.182. The molecule has 2 N–H and O–H groups in total. The van der Waals surface area contributed by atoms with Crippen LogP contribution in [0.1, 0.15) is 11.5 Å². The van der Waals surface area contributed by atoms with Crippen LogP contribution in [-0.2, 0) is 12.7 Å². The molecular formula is C11H9F3N2O. The van der Waals surface area contributed by atoms with Crippen molar-refractivity contribution in [3.8, 4) is 11.3 Å². The normalized spacial score (nSPS) is 11.8. The van der Waals surface area contributed by atoms with E-state index in [1.165, 1.54) is 24.4 Å². The lowest BCUT2D eigenvalue weighted by atomic mass is 10.1. The number of aromatic nitrogens is 1. The van der Waals surface area contributed by atoms with E-state index in [-0.39, 0.29) is 23.8 Å². The van der Waals surface area contributed by atoms with Crippen molar-refractivity contribution in [3.05, 3.63) is 41.9 Å². The van der Waals surface area contributed by atoms with Gasteiger partial charge in [0.1, 0.15) is 0 Å². The Hall–Kier alpha value is -1.82. The van der Waals surface area contributed by atoms with Gasteiger partial charge in [0.15, 0.2) is 5.76 Å². The predicted molar refractivity (Wildman–Crippen MR) is 54.8 cm³/mol. The molecule has 0 spiro atoms. The summed E-state index contributed by atoms with van der Waals surface area (Å²) in [6, 6.07) is 5.17. The molecule has 2 rings (SSSR count). The maximum absolute atomic E-state index is 12.7. The van der Waals surface area contributed by atoms with Gasteiger partial charge in [0, 0.05) is 5.56 Å². The lowest BCUT2D eigenvalue weighted by molar-refractivity contribution is -0.137. The van der Waals surface area contributed by atoms with Crippen LogP contribution in [-0.4, -0.2) is 4.98 Å². The summed E-state index contributed by atoms with van der Waals surface area (Å²) >= 11 is 0. The van der Waals surface area contributed by atoms with E-state index in [1.807, 2.05) is 0 Å². The first-order valence-electron chi connectivity index (χ1n) is 4.83. The molecular weight excluding hydrogens is 233 g/mol. The van der Waals surface area contributed by atoms with E-state index in [9.17, 15) is 13.2 Å². The van der Waals surface area contributed by atoms with Crippen molar-refractivity contribution >= 4 is 0 Å². The van der Waals surface area contributed by atoms with Crippen LogP contribution in [0.15, 0.2) is 34.9 Å². The number of halogens is 3. The second kappa shape index (κ2) is 4.21. The van der Waals surface area contributed by atoms with Crippen molar-refractivity contribution in [1.29, 1.82) is 0 Å². The average Bonchev–Trinajstić information content (AvgIpc) is 2.76. The molecule has 0 fully saturated rings. The number of alkyl halides is 3. The van der Waals surface area contributed by atoms with Crippen molar-refractivity contribution < 1.29 is 17.6 Å². The quantitative estimate of drug-likeness (QED) is 0.880. The Kier molecular flexibility index (Phi) is 2.89. The van der Waals surface area contributed by atoms with Crippen molar-refractivity contribution in [2.24, 2.45) is 5.73 Å². The smallest absolute Gasteiger partial charge is 0.417 e. The SMILES string of the molecule is NCc1ncc(-c2ccccc2C(F)(F)F)o1. The van der Waals surface area contributed by atoms with E-state index < -0.39 is 11.7 Å². The van der Waals surface area contributed by atoms with Gasteiger partial charge < -0.3 is 10.2 Å². The molecule has 0 aliphatic rings. The van der Waals surface area contributed by atoms with Crippen molar-refractivity contribution in [1.82, 2.24) is 4.98 Å². The molecule has 1 aromatic carbocycles. The Morgan fingerprint density at radius 3 is 2.53 bits per heavy atom. The molecule has 1 aromatic heterocycles. The highest BCUT2D eigenvalue weighted by atomic mass is 19.4. The molecule has 17 heavy (non-hydrogen) atoms. The molecule has 0 amide bonds. The number of rotatable bonds is 2. The van der Waals surface area contributed by atoms with Crippen LogP contribution in [0.4, 0.5) is 13.2 Å². The number of nitrogens with zero attached hydrogens (tertiary/aromatic N) is 1. The van der Waals surface area contributed by atoms with E-state index in [0.717, 1.165) is 6.07 Å². The van der Waals surface area contributed by atoms with Crippen molar-refractivity contribution in [2.75, 3.05) is 0 Å². The summed E-state index contributed by atoms with van der Waals surface area (Å²) in [6.45, 7) is 0.0498. The lowest BCUT2D eigenvalue weighted by Crippen LogP contribution is -2.06. The van der Waals surface area contributed by atoms with Crippen LogP contribution in [0.3, 0.4) is 0 Å². The molecule has 6 heteroatoms. The third-order valence-electron chi connectivity index (χ3n) is 2.23. The standard InChI is InChI=1S/C11H9F3N2O/c12-11(13,14)8-4-2-1-3-7(8)9-6-16-10(5-15)17-9/h1-4,6H,5,15H2. The minimum absolute atomic E-state index is 0.0350. The van der Waals surface area contributed by atoms with Gasteiger partial charge >= 0.3 is 6.18 Å². The van der Waals surface area contributed by atoms with Gasteiger partial charge in [-0.15, -0.1) is 0 Å². The Morgan fingerprint density at radius 2 is 1.94 bits per heavy atom. The lowest BCUT2D eigenvalue weighted by Gasteiger charge is -2.10. The zero-order valence-electron chi connectivity index (χ0n) is 8.66. The number of hydrogen-bond acceptors (Lipinski definition) is 3. The monoisotopic (exact) mass is 242 g/mol. The second-order valence-corrected chi connectivity index (χ2v) is 3.37. The van der Waals surface area contributed by atoms with Gasteiger partial charge in [0.2, 0.25) is 5.89 Å². The first-order valence-corrected chi connectivity index (χ1v) is 4.83. The van der Waals surface area contributed by atoms with E-state index in [1.54, 1.807) is 0 Å². The average molecular weight is 242 g/mol. The van der Waals surface area contributed by atoms with Crippen LogP contribution in [0, 0.1) is 0 Å². The molecule has 2 aromatic rings. The van der Waals surface area contributed by atoms with E-state index >= 15 is 0 Å². The Balaban J connectivity index is 2.52. The van der Waals surface area contributed by atoms with Crippen molar-refractivity contribution in [2.45, 2.75) is 12.7 Å². The molecule has 0 unspecified atom stereocenters. The van der Waals surface area contributed by atoms with E-state index in [0.29, 0.717) is 0 Å². The molecule has 3 nitrogen and oxygen atoms in total. The van der Waals surface area contributed by atoms with Gasteiger partial charge in [-0.05, 0) is 6.07 Å². The first kappa shape index (κ1) is 11.7. The van der Waals surface area contributed by atoms with Gasteiger partial charge in [0.05, 0.1) is 18.3 Å². The molecule has 90 valence electrons. The third-order valence-corrected chi connectivity index (χ3v) is 2.23. The molecule has 0 bridgehead atoms. The summed E-state index contributed by atoms with van der Waals surface area (Å²) in [7, 11) is 0. The minimum Gasteiger partial charge on any atom is -0.439 e. The molecule has 1 heterocycles. The zero-order chi connectivity index (χ0) is 12.5. The van der Waals surface area contributed by atoms with Gasteiger partial charge in [-0.2, -0.15) is 13.2 Å². The van der Waals surface area contributed by atoms with Crippen LogP contribution >= 0.6 is 0 Å². The summed E-state index contributed by atoms with van der Waals surface area (Å²) in [5, 5.41) is 0. The molecule has 0 aliphatic carbocycles. The number of nitrogens with two attached hydrogens (primary N) is 1. The van der Waals surface area contributed by atoms with Crippen LogP contribution in [0.2, 0.25) is 0 Å². The third kappa shape index (κ3) is 2.31. The summed E-state index contributed by atoms with van der Waals surface area (Å²) in [6.07, 6.45) is -3.18. The maximum Gasteiger partial charge on any atom is 0.417 e. The Morgan fingerprint density at radius 1 is 1.24 bits per heavy atom. The zero-order valence-corrected chi connectivity index (χ0v) is 8.66. The predicted octanol–water partition coefficient (Wildman–Crippen LogP) is 2.82. The highest BCUT2D eigenvalue weighted by Crippen LogP contribution is 2.36. The van der Waals surface area contributed by atoms with Gasteiger partial charge in [-0.3, -0.25) is 0 Å². The number of hydrogen-bond donors (Lipinski definition) is 1. The molecule has 0 atom stereocenters. The van der Waals surface area contributed by atoms with Crippen LogP contribution < -0.4 is 5.73 Å². The molecule has 0 saturated carbocycles. The Bertz CT molecular complexity index is 519. The summed E-state index contributed by atoms with van der Waals surface area (Å²) in [5.41, 5.74) is 4.50. The molecule has 0 aliphatic heterocycles. The highest BCUT2D eigenvalue weighted by molar-refractivity contribution is 5.62. The van der Waals surface area contributed by atoms with Gasteiger partial charge in [-0.25, -0.2) is 4.98 Å². The fourth-order valence-electron chi connectivity index (χ4n) is 1.47. The molecule has 0 radical (unpaired) electrons. The van der Waals surface area contributed by atoms with Gasteiger partial charge in [-0.1, -0.05) is 18.2 Å². The number of benzene rings is 1. The van der Waals surface area contributed by atoms with E-state index in [2.05, 4.69) is 4.98 Å². The summed E-state index contributed by atoms with van der Waals surface area (Å²) in [4.78, 5) is 3.78. The fourth-order valence-corrected chi connectivity index (χ4v) is 1.47. The summed E-state index contributed by atoms with van der Waals surface area (Å²) < 4.78 is 43.3.